The van der Waals surface area contributed by atoms with Gasteiger partial charge in [0.25, 0.3) is 0 Å². The molecule has 2 N–H and O–H groups in total. The minimum Gasteiger partial charge on any atom is -0.459 e. The SMILES string of the molecule is CCC(=O)N[C@@H](CCSC)C(=O)N[C@H](C)c1oc2ccccc2c1C. The Morgan fingerprint density at radius 1 is 1.24 bits per heavy atom. The number of benzene rings is 1. The number of carbonyl (C=O) groups is 2. The third kappa shape index (κ3) is 4.78. The monoisotopic (exact) mass is 362 g/mol. The molecule has 1 heterocycles. The summed E-state index contributed by atoms with van der Waals surface area (Å²) in [5.41, 5.74) is 1.84. The standard InChI is InChI=1S/C19H26N2O3S/c1-5-17(22)21-15(10-11-25-4)19(23)20-13(3)18-12(2)14-8-6-7-9-16(14)24-18/h6-9,13,15H,5,10-11H2,1-4H3,(H,20,23)(H,21,22)/t13-,15+/m1/s1. The number of carbonyl (C=O) groups excluding carboxylic acids is 2. The lowest BCUT2D eigenvalue weighted by molar-refractivity contribution is -0.129. The van der Waals surface area contributed by atoms with E-state index < -0.39 is 6.04 Å². The number of rotatable bonds is 8. The number of hydrogen-bond acceptors (Lipinski definition) is 4. The van der Waals surface area contributed by atoms with Gasteiger partial charge in [-0.25, -0.2) is 0 Å². The van der Waals surface area contributed by atoms with E-state index in [1.165, 1.54) is 0 Å². The largest absolute Gasteiger partial charge is 0.459 e. The van der Waals surface area contributed by atoms with Crippen molar-refractivity contribution >= 4 is 34.5 Å². The first-order valence-corrected chi connectivity index (χ1v) is 9.94. The lowest BCUT2D eigenvalue weighted by atomic mass is 10.1. The Labute approximate surface area is 152 Å². The smallest absolute Gasteiger partial charge is 0.243 e. The van der Waals surface area contributed by atoms with E-state index in [0.717, 1.165) is 28.0 Å². The van der Waals surface area contributed by atoms with Crippen LogP contribution in [0.15, 0.2) is 28.7 Å². The van der Waals surface area contributed by atoms with Gasteiger partial charge < -0.3 is 15.1 Å². The van der Waals surface area contributed by atoms with Crippen LogP contribution in [-0.2, 0) is 9.59 Å². The van der Waals surface area contributed by atoms with Crippen LogP contribution >= 0.6 is 11.8 Å². The summed E-state index contributed by atoms with van der Waals surface area (Å²) in [7, 11) is 0. The van der Waals surface area contributed by atoms with Gasteiger partial charge in [-0.15, -0.1) is 0 Å². The summed E-state index contributed by atoms with van der Waals surface area (Å²) in [5.74, 6) is 1.26. The van der Waals surface area contributed by atoms with Gasteiger partial charge in [0.15, 0.2) is 0 Å². The molecule has 1 aromatic carbocycles. The molecule has 0 aliphatic carbocycles. The second-order valence-electron chi connectivity index (χ2n) is 6.07. The van der Waals surface area contributed by atoms with Crippen LogP contribution in [0.1, 0.15) is 44.1 Å². The van der Waals surface area contributed by atoms with E-state index in [4.69, 9.17) is 4.42 Å². The Balaban J connectivity index is 2.12. The van der Waals surface area contributed by atoms with Crippen molar-refractivity contribution in [2.75, 3.05) is 12.0 Å². The normalized spacial score (nSPS) is 13.4. The summed E-state index contributed by atoms with van der Waals surface area (Å²) < 4.78 is 5.92. The molecule has 136 valence electrons. The van der Waals surface area contributed by atoms with Crippen molar-refractivity contribution in [2.45, 2.75) is 45.7 Å². The second kappa shape index (κ2) is 8.94. The molecule has 2 atom stereocenters. The summed E-state index contributed by atoms with van der Waals surface area (Å²) in [5, 5.41) is 6.84. The fourth-order valence-corrected chi connectivity index (χ4v) is 3.26. The highest BCUT2D eigenvalue weighted by atomic mass is 32.2. The number of hydrogen-bond donors (Lipinski definition) is 2. The Bertz CT molecular complexity index is 741. The van der Waals surface area contributed by atoms with Crippen LogP contribution in [0.2, 0.25) is 0 Å². The van der Waals surface area contributed by atoms with Crippen LogP contribution < -0.4 is 10.6 Å². The first kappa shape index (κ1) is 19.4. The van der Waals surface area contributed by atoms with E-state index in [-0.39, 0.29) is 17.9 Å². The first-order valence-electron chi connectivity index (χ1n) is 8.54. The third-order valence-corrected chi connectivity index (χ3v) is 4.86. The van der Waals surface area contributed by atoms with Crippen LogP contribution in [0.25, 0.3) is 11.0 Å². The number of fused-ring (bicyclic) bond motifs is 1. The molecule has 5 nitrogen and oxygen atoms in total. The molecule has 0 radical (unpaired) electrons. The van der Waals surface area contributed by atoms with Crippen LogP contribution in [0.4, 0.5) is 0 Å². The summed E-state index contributed by atoms with van der Waals surface area (Å²) >= 11 is 1.65. The van der Waals surface area contributed by atoms with Gasteiger partial charge in [0.05, 0.1) is 6.04 Å². The first-order chi connectivity index (χ1) is 12.0. The maximum Gasteiger partial charge on any atom is 0.243 e. The van der Waals surface area contributed by atoms with E-state index >= 15 is 0 Å². The minimum atomic E-state index is -0.521. The average Bonchev–Trinajstić information content (AvgIpc) is 2.95. The van der Waals surface area contributed by atoms with Crippen LogP contribution in [0.3, 0.4) is 0 Å². The van der Waals surface area contributed by atoms with Gasteiger partial charge in [-0.2, -0.15) is 11.8 Å². The molecule has 6 heteroatoms. The Kier molecular flexibility index (Phi) is 6.93. The Morgan fingerprint density at radius 3 is 2.60 bits per heavy atom. The molecule has 2 amide bonds. The summed E-state index contributed by atoms with van der Waals surface area (Å²) in [6, 6.07) is 7.04. The molecule has 0 spiro atoms. The lowest BCUT2D eigenvalue weighted by Crippen LogP contribution is -2.47. The number of thioether (sulfide) groups is 1. The molecule has 0 aliphatic heterocycles. The molecule has 0 saturated heterocycles. The van der Waals surface area contributed by atoms with E-state index in [9.17, 15) is 9.59 Å². The number of para-hydroxylation sites is 1. The zero-order valence-corrected chi connectivity index (χ0v) is 16.0. The molecular formula is C19H26N2O3S. The summed E-state index contributed by atoms with van der Waals surface area (Å²) in [6.45, 7) is 5.67. The number of nitrogens with one attached hydrogen (secondary N) is 2. The lowest BCUT2D eigenvalue weighted by Gasteiger charge is -2.20. The second-order valence-corrected chi connectivity index (χ2v) is 7.06. The molecule has 2 aromatic rings. The maximum absolute atomic E-state index is 12.6. The van der Waals surface area contributed by atoms with E-state index in [0.29, 0.717) is 12.8 Å². The number of furan rings is 1. The molecule has 0 fully saturated rings. The minimum absolute atomic E-state index is 0.117. The van der Waals surface area contributed by atoms with Gasteiger partial charge in [-0.1, -0.05) is 25.1 Å². The van der Waals surface area contributed by atoms with Crippen LogP contribution in [-0.4, -0.2) is 29.9 Å². The van der Waals surface area contributed by atoms with Crippen molar-refractivity contribution in [3.63, 3.8) is 0 Å². The molecule has 0 aliphatic rings. The topological polar surface area (TPSA) is 71.3 Å². The molecule has 25 heavy (non-hydrogen) atoms. The highest BCUT2D eigenvalue weighted by molar-refractivity contribution is 7.98. The van der Waals surface area contributed by atoms with E-state index in [1.54, 1.807) is 18.7 Å². The van der Waals surface area contributed by atoms with Gasteiger partial charge in [0, 0.05) is 17.4 Å². The van der Waals surface area contributed by atoms with E-state index in [1.807, 2.05) is 44.4 Å². The Morgan fingerprint density at radius 2 is 1.96 bits per heavy atom. The Hall–Kier alpha value is -1.95. The van der Waals surface area contributed by atoms with Crippen LogP contribution in [0.5, 0.6) is 0 Å². The van der Waals surface area contributed by atoms with Crippen molar-refractivity contribution in [1.82, 2.24) is 10.6 Å². The zero-order valence-electron chi connectivity index (χ0n) is 15.2. The third-order valence-electron chi connectivity index (χ3n) is 4.22. The highest BCUT2D eigenvalue weighted by Gasteiger charge is 2.24. The molecule has 0 unspecified atom stereocenters. The zero-order chi connectivity index (χ0) is 18.4. The summed E-state index contributed by atoms with van der Waals surface area (Å²) in [4.78, 5) is 24.3. The quantitative estimate of drug-likeness (QED) is 0.753. The molecular weight excluding hydrogens is 336 g/mol. The average molecular weight is 362 g/mol. The van der Waals surface area contributed by atoms with Crippen molar-refractivity contribution in [2.24, 2.45) is 0 Å². The van der Waals surface area contributed by atoms with Crippen molar-refractivity contribution in [1.29, 1.82) is 0 Å². The predicted molar refractivity (Wildman–Crippen MR) is 103 cm³/mol. The molecule has 0 saturated carbocycles. The highest BCUT2D eigenvalue weighted by Crippen LogP contribution is 2.29. The van der Waals surface area contributed by atoms with Gasteiger partial charge in [0.1, 0.15) is 17.4 Å². The maximum atomic E-state index is 12.6. The van der Waals surface area contributed by atoms with Crippen molar-refractivity contribution in [3.05, 3.63) is 35.6 Å². The van der Waals surface area contributed by atoms with E-state index in [2.05, 4.69) is 10.6 Å². The van der Waals surface area contributed by atoms with Gasteiger partial charge >= 0.3 is 0 Å². The molecule has 1 aromatic heterocycles. The van der Waals surface area contributed by atoms with Crippen LogP contribution in [0, 0.1) is 6.92 Å². The van der Waals surface area contributed by atoms with Crippen molar-refractivity contribution in [3.8, 4) is 0 Å². The molecule has 2 rings (SSSR count). The number of amides is 2. The fourth-order valence-electron chi connectivity index (χ4n) is 2.79. The number of aryl methyl sites for hydroxylation is 1. The predicted octanol–water partition coefficient (Wildman–Crippen LogP) is 3.57. The fraction of sp³-hybridized carbons (Fsp3) is 0.474. The summed E-state index contributed by atoms with van der Waals surface area (Å²) in [6.07, 6.45) is 2.95. The van der Waals surface area contributed by atoms with Crippen molar-refractivity contribution < 1.29 is 14.0 Å². The van der Waals surface area contributed by atoms with Gasteiger partial charge in [-0.3, -0.25) is 9.59 Å². The molecule has 0 bridgehead atoms. The van der Waals surface area contributed by atoms with Gasteiger partial charge in [-0.05, 0) is 38.3 Å². The van der Waals surface area contributed by atoms with Gasteiger partial charge in [0.2, 0.25) is 11.8 Å².